The SMILES string of the molecule is Nc1ccc(C(=O)N=c2nc3ccccc3c3n2CCN3)cn1. The van der Waals surface area contributed by atoms with Gasteiger partial charge in [-0.3, -0.25) is 9.36 Å². The number of hydrogen-bond donors (Lipinski definition) is 2. The molecular formula is C16H14N6O. The zero-order chi connectivity index (χ0) is 15.8. The molecule has 0 atom stereocenters. The van der Waals surface area contributed by atoms with Gasteiger partial charge in [0.15, 0.2) is 0 Å². The van der Waals surface area contributed by atoms with Crippen LogP contribution in [0.25, 0.3) is 10.9 Å². The molecule has 0 unspecified atom stereocenters. The first-order chi connectivity index (χ1) is 11.2. The second kappa shape index (κ2) is 5.20. The molecule has 3 N–H and O–H groups in total. The summed E-state index contributed by atoms with van der Waals surface area (Å²) in [6, 6.07) is 11.0. The van der Waals surface area contributed by atoms with Crippen molar-refractivity contribution in [2.45, 2.75) is 6.54 Å². The molecule has 114 valence electrons. The average Bonchev–Trinajstić information content (AvgIpc) is 3.06. The number of rotatable bonds is 1. The van der Waals surface area contributed by atoms with Gasteiger partial charge in [-0.15, -0.1) is 0 Å². The van der Waals surface area contributed by atoms with Crippen molar-refractivity contribution in [2.75, 3.05) is 17.6 Å². The van der Waals surface area contributed by atoms with Crippen LogP contribution in [-0.2, 0) is 6.54 Å². The third-order valence-corrected chi connectivity index (χ3v) is 3.75. The third kappa shape index (κ3) is 2.32. The molecule has 1 aliphatic rings. The van der Waals surface area contributed by atoms with Crippen molar-refractivity contribution < 1.29 is 4.79 Å². The molecule has 0 spiro atoms. The van der Waals surface area contributed by atoms with Gasteiger partial charge in [-0.25, -0.2) is 9.97 Å². The summed E-state index contributed by atoms with van der Waals surface area (Å²) in [7, 11) is 0. The Morgan fingerprint density at radius 2 is 2.13 bits per heavy atom. The highest BCUT2D eigenvalue weighted by Crippen LogP contribution is 2.22. The van der Waals surface area contributed by atoms with E-state index in [4.69, 9.17) is 5.73 Å². The standard InChI is InChI=1S/C16H14N6O/c17-13-6-5-10(9-19-13)15(23)21-16-20-12-4-2-1-3-11(12)14-18-7-8-22(14)16/h1-6,9,18H,7-8H2,(H2,17,19). The Hall–Kier alpha value is -3.22. The van der Waals surface area contributed by atoms with E-state index in [9.17, 15) is 4.79 Å². The maximum absolute atomic E-state index is 12.3. The fourth-order valence-electron chi connectivity index (χ4n) is 2.65. The highest BCUT2D eigenvalue weighted by Gasteiger charge is 2.15. The summed E-state index contributed by atoms with van der Waals surface area (Å²) in [6.45, 7) is 1.51. The maximum atomic E-state index is 12.3. The Labute approximate surface area is 131 Å². The first-order valence-corrected chi connectivity index (χ1v) is 7.26. The first-order valence-electron chi connectivity index (χ1n) is 7.26. The summed E-state index contributed by atoms with van der Waals surface area (Å²) in [4.78, 5) is 25.0. The van der Waals surface area contributed by atoms with Crippen LogP contribution in [0.15, 0.2) is 47.6 Å². The lowest BCUT2D eigenvalue weighted by Gasteiger charge is -2.07. The normalized spacial score (nSPS) is 13.8. The summed E-state index contributed by atoms with van der Waals surface area (Å²) in [6.07, 6.45) is 1.42. The lowest BCUT2D eigenvalue weighted by molar-refractivity contribution is 0.0996. The number of fused-ring (bicyclic) bond motifs is 3. The zero-order valence-electron chi connectivity index (χ0n) is 12.2. The van der Waals surface area contributed by atoms with Crippen LogP contribution in [0.5, 0.6) is 0 Å². The molecule has 3 heterocycles. The van der Waals surface area contributed by atoms with E-state index < -0.39 is 0 Å². The summed E-state index contributed by atoms with van der Waals surface area (Å²) in [5, 5.41) is 4.35. The molecule has 7 nitrogen and oxygen atoms in total. The van der Waals surface area contributed by atoms with Crippen molar-refractivity contribution in [1.29, 1.82) is 0 Å². The van der Waals surface area contributed by atoms with Crippen molar-refractivity contribution in [1.82, 2.24) is 14.5 Å². The van der Waals surface area contributed by atoms with E-state index in [1.807, 2.05) is 28.8 Å². The molecule has 4 rings (SSSR count). The number of nitrogens with one attached hydrogen (secondary N) is 1. The predicted molar refractivity (Wildman–Crippen MR) is 86.8 cm³/mol. The summed E-state index contributed by atoms with van der Waals surface area (Å²) < 4.78 is 1.92. The quantitative estimate of drug-likeness (QED) is 0.703. The van der Waals surface area contributed by atoms with Gasteiger partial charge in [0.25, 0.3) is 5.91 Å². The maximum Gasteiger partial charge on any atom is 0.281 e. The average molecular weight is 306 g/mol. The number of carbonyl (C=O) groups excluding carboxylic acids is 1. The molecule has 0 saturated carbocycles. The Morgan fingerprint density at radius 1 is 1.26 bits per heavy atom. The number of amides is 1. The predicted octanol–water partition coefficient (Wildman–Crippen LogP) is 1.18. The van der Waals surface area contributed by atoms with Gasteiger partial charge in [0.1, 0.15) is 11.6 Å². The van der Waals surface area contributed by atoms with Gasteiger partial charge in [-0.1, -0.05) is 12.1 Å². The smallest absolute Gasteiger partial charge is 0.281 e. The van der Waals surface area contributed by atoms with Crippen LogP contribution in [0.2, 0.25) is 0 Å². The minimum absolute atomic E-state index is 0.366. The van der Waals surface area contributed by atoms with Gasteiger partial charge in [0.2, 0.25) is 5.62 Å². The van der Waals surface area contributed by atoms with Gasteiger partial charge in [-0.2, -0.15) is 4.99 Å². The van der Waals surface area contributed by atoms with E-state index in [-0.39, 0.29) is 5.91 Å². The molecule has 23 heavy (non-hydrogen) atoms. The number of pyridine rings is 1. The van der Waals surface area contributed by atoms with E-state index in [0.29, 0.717) is 17.0 Å². The topological polar surface area (TPSA) is 98.2 Å². The van der Waals surface area contributed by atoms with Crippen molar-refractivity contribution >= 4 is 28.4 Å². The Kier molecular flexibility index (Phi) is 3.04. The van der Waals surface area contributed by atoms with E-state index in [1.54, 1.807) is 12.1 Å². The van der Waals surface area contributed by atoms with Gasteiger partial charge in [0.05, 0.1) is 11.1 Å². The van der Waals surface area contributed by atoms with Gasteiger partial charge in [-0.05, 0) is 24.3 Å². The molecule has 2 aromatic heterocycles. The molecule has 0 bridgehead atoms. The summed E-state index contributed by atoms with van der Waals surface area (Å²) >= 11 is 0. The minimum Gasteiger partial charge on any atom is -0.384 e. The molecule has 3 aromatic rings. The van der Waals surface area contributed by atoms with E-state index in [2.05, 4.69) is 20.3 Å². The number of hydrogen-bond acceptors (Lipinski definition) is 5. The number of anilines is 2. The molecule has 0 radical (unpaired) electrons. The number of nitrogen functional groups attached to an aromatic ring is 1. The van der Waals surface area contributed by atoms with Crippen LogP contribution in [0, 0.1) is 0 Å². The minimum atomic E-state index is -0.387. The van der Waals surface area contributed by atoms with Crippen molar-refractivity contribution in [3.63, 3.8) is 0 Å². The van der Waals surface area contributed by atoms with Crippen molar-refractivity contribution in [3.05, 3.63) is 53.8 Å². The number of aromatic nitrogens is 3. The summed E-state index contributed by atoms with van der Waals surface area (Å²) in [5.74, 6) is 0.921. The van der Waals surface area contributed by atoms with Gasteiger partial charge in [0, 0.05) is 24.7 Å². The molecule has 1 amide bonds. The van der Waals surface area contributed by atoms with Crippen molar-refractivity contribution in [2.24, 2.45) is 4.99 Å². The largest absolute Gasteiger partial charge is 0.384 e. The Balaban J connectivity index is 1.88. The van der Waals surface area contributed by atoms with Crippen LogP contribution >= 0.6 is 0 Å². The number of carbonyl (C=O) groups is 1. The second-order valence-electron chi connectivity index (χ2n) is 5.24. The Morgan fingerprint density at radius 3 is 2.96 bits per heavy atom. The zero-order valence-corrected chi connectivity index (χ0v) is 12.2. The fraction of sp³-hybridized carbons (Fsp3) is 0.125. The monoisotopic (exact) mass is 306 g/mol. The molecule has 7 heteroatoms. The molecule has 0 aliphatic carbocycles. The number of para-hydroxylation sites is 1. The van der Waals surface area contributed by atoms with Gasteiger partial charge >= 0.3 is 0 Å². The molecule has 1 aliphatic heterocycles. The lowest BCUT2D eigenvalue weighted by Crippen LogP contribution is -2.24. The molecule has 0 fully saturated rings. The fourth-order valence-corrected chi connectivity index (χ4v) is 2.65. The van der Waals surface area contributed by atoms with E-state index in [1.165, 1.54) is 6.20 Å². The van der Waals surface area contributed by atoms with Gasteiger partial charge < -0.3 is 11.1 Å². The molecular weight excluding hydrogens is 292 g/mol. The van der Waals surface area contributed by atoms with E-state index in [0.717, 1.165) is 29.8 Å². The number of nitrogens with zero attached hydrogens (tertiary/aromatic N) is 4. The Bertz CT molecular complexity index is 974. The highest BCUT2D eigenvalue weighted by atomic mass is 16.1. The van der Waals surface area contributed by atoms with Crippen LogP contribution in [0.4, 0.5) is 11.6 Å². The highest BCUT2D eigenvalue weighted by molar-refractivity contribution is 5.95. The molecule has 1 aromatic carbocycles. The van der Waals surface area contributed by atoms with E-state index >= 15 is 0 Å². The third-order valence-electron chi connectivity index (χ3n) is 3.75. The molecule has 0 saturated heterocycles. The number of benzene rings is 1. The summed E-state index contributed by atoms with van der Waals surface area (Å²) in [5.41, 5.74) is 7.12. The van der Waals surface area contributed by atoms with Crippen LogP contribution < -0.4 is 16.7 Å². The second-order valence-corrected chi connectivity index (χ2v) is 5.24. The van der Waals surface area contributed by atoms with Crippen LogP contribution in [0.3, 0.4) is 0 Å². The number of nitrogens with two attached hydrogens (primary N) is 1. The van der Waals surface area contributed by atoms with Crippen molar-refractivity contribution in [3.8, 4) is 0 Å². The first kappa shape index (κ1) is 13.4. The lowest BCUT2D eigenvalue weighted by atomic mass is 10.2. The van der Waals surface area contributed by atoms with Crippen LogP contribution in [-0.4, -0.2) is 27.0 Å². The van der Waals surface area contributed by atoms with Crippen LogP contribution in [0.1, 0.15) is 10.4 Å².